The number of aromatic nitrogens is 2. The Labute approximate surface area is 104 Å². The third-order valence-corrected chi connectivity index (χ3v) is 3.02. The minimum atomic E-state index is 0.0590. The average Bonchev–Trinajstić information content (AvgIpc) is 2.84. The number of nitrogens with zero attached hydrogens (tertiary/aromatic N) is 2. The molecule has 1 aliphatic heterocycles. The second-order valence-corrected chi connectivity index (χ2v) is 4.36. The van der Waals surface area contributed by atoms with Crippen LogP contribution in [-0.2, 0) is 17.8 Å². The van der Waals surface area contributed by atoms with Gasteiger partial charge in [-0.15, -0.1) is 0 Å². The number of amides is 1. The molecule has 0 atom stereocenters. The molecular formula is C12H13N5O. The molecule has 0 saturated heterocycles. The molecule has 92 valence electrons. The van der Waals surface area contributed by atoms with Crippen molar-refractivity contribution < 1.29 is 4.79 Å². The summed E-state index contributed by atoms with van der Waals surface area (Å²) in [5, 5.41) is 6.65. The maximum atomic E-state index is 12.0. The predicted molar refractivity (Wildman–Crippen MR) is 68.7 cm³/mol. The molecule has 6 nitrogen and oxygen atoms in total. The lowest BCUT2D eigenvalue weighted by Gasteiger charge is -2.16. The lowest BCUT2D eigenvalue weighted by Crippen LogP contribution is -2.26. The van der Waals surface area contributed by atoms with Gasteiger partial charge in [0.15, 0.2) is 0 Å². The summed E-state index contributed by atoms with van der Waals surface area (Å²) in [5.74, 6) is 0.484. The number of H-pyrrole nitrogens is 1. The highest BCUT2D eigenvalue weighted by Gasteiger charge is 2.27. The molecule has 18 heavy (non-hydrogen) atoms. The summed E-state index contributed by atoms with van der Waals surface area (Å²) in [6.07, 6.45) is 0.393. The zero-order valence-corrected chi connectivity index (χ0v) is 9.68. The van der Waals surface area contributed by atoms with E-state index in [2.05, 4.69) is 10.2 Å². The second-order valence-electron chi connectivity index (χ2n) is 4.36. The number of nitrogens with two attached hydrogens (primary N) is 2. The van der Waals surface area contributed by atoms with E-state index in [1.807, 2.05) is 12.1 Å². The summed E-state index contributed by atoms with van der Waals surface area (Å²) in [6.45, 7) is 0.444. The van der Waals surface area contributed by atoms with E-state index in [4.69, 9.17) is 11.5 Å². The van der Waals surface area contributed by atoms with Gasteiger partial charge in [0, 0.05) is 17.4 Å². The molecule has 5 N–H and O–H groups in total. The van der Waals surface area contributed by atoms with Crippen molar-refractivity contribution in [1.29, 1.82) is 0 Å². The first-order valence-corrected chi connectivity index (χ1v) is 5.62. The largest absolute Gasteiger partial charge is 0.399 e. The molecule has 1 amide bonds. The van der Waals surface area contributed by atoms with Crippen LogP contribution < -0.4 is 16.4 Å². The lowest BCUT2D eigenvalue weighted by molar-refractivity contribution is -0.117. The van der Waals surface area contributed by atoms with Crippen molar-refractivity contribution >= 4 is 23.1 Å². The fourth-order valence-electron chi connectivity index (χ4n) is 2.21. The number of nitrogen functional groups attached to an aromatic ring is 2. The molecule has 6 heteroatoms. The number of benzene rings is 1. The lowest BCUT2D eigenvalue weighted by atomic mass is 10.1. The highest BCUT2D eigenvalue weighted by atomic mass is 16.2. The molecule has 0 saturated carbocycles. The van der Waals surface area contributed by atoms with Crippen LogP contribution in [0, 0.1) is 0 Å². The van der Waals surface area contributed by atoms with Crippen molar-refractivity contribution in [2.75, 3.05) is 16.4 Å². The molecule has 0 bridgehead atoms. The van der Waals surface area contributed by atoms with Crippen LogP contribution in [0.2, 0.25) is 0 Å². The Balaban J connectivity index is 1.92. The molecule has 0 radical (unpaired) electrons. The zero-order valence-electron chi connectivity index (χ0n) is 9.68. The minimum Gasteiger partial charge on any atom is -0.399 e. The first kappa shape index (κ1) is 10.6. The van der Waals surface area contributed by atoms with Gasteiger partial charge in [0.25, 0.3) is 0 Å². The summed E-state index contributed by atoms with van der Waals surface area (Å²) < 4.78 is 0. The molecule has 0 spiro atoms. The summed E-state index contributed by atoms with van der Waals surface area (Å²) in [4.78, 5) is 13.7. The van der Waals surface area contributed by atoms with E-state index < -0.39 is 0 Å². The molecule has 3 rings (SSSR count). The number of fused-ring (bicyclic) bond motifs is 1. The number of hydrogen-bond donors (Lipinski definition) is 3. The first-order valence-electron chi connectivity index (χ1n) is 5.62. The van der Waals surface area contributed by atoms with Crippen LogP contribution >= 0.6 is 0 Å². The van der Waals surface area contributed by atoms with Gasteiger partial charge in [-0.1, -0.05) is 0 Å². The molecule has 1 aromatic carbocycles. The van der Waals surface area contributed by atoms with E-state index in [1.165, 1.54) is 0 Å². The Hall–Kier alpha value is -2.50. The van der Waals surface area contributed by atoms with Gasteiger partial charge in [0.2, 0.25) is 5.91 Å². The van der Waals surface area contributed by atoms with E-state index in [0.717, 1.165) is 16.9 Å². The van der Waals surface area contributed by atoms with Crippen molar-refractivity contribution in [3.8, 4) is 0 Å². The summed E-state index contributed by atoms with van der Waals surface area (Å²) in [6, 6.07) is 7.23. The Morgan fingerprint density at radius 3 is 2.89 bits per heavy atom. The van der Waals surface area contributed by atoms with E-state index in [-0.39, 0.29) is 5.91 Å². The standard InChI is InChI=1S/C12H13N5O/c13-8-1-2-10-7(3-8)4-12(18)17(10)6-9-5-11(14)16-15-9/h1-3,5H,4,6,13H2,(H3,14,15,16). The van der Waals surface area contributed by atoms with Gasteiger partial charge in [-0.3, -0.25) is 9.89 Å². The quantitative estimate of drug-likeness (QED) is 0.674. The molecular weight excluding hydrogens is 230 g/mol. The van der Waals surface area contributed by atoms with Crippen LogP contribution in [0.1, 0.15) is 11.3 Å². The van der Waals surface area contributed by atoms with Crippen LogP contribution in [0.3, 0.4) is 0 Å². The Kier molecular flexibility index (Phi) is 2.22. The predicted octanol–water partition coefficient (Wildman–Crippen LogP) is 0.663. The van der Waals surface area contributed by atoms with Crippen molar-refractivity contribution in [1.82, 2.24) is 10.2 Å². The maximum absolute atomic E-state index is 12.0. The van der Waals surface area contributed by atoms with Gasteiger partial charge in [0.05, 0.1) is 18.7 Å². The van der Waals surface area contributed by atoms with Crippen molar-refractivity contribution in [3.63, 3.8) is 0 Å². The van der Waals surface area contributed by atoms with Crippen LogP contribution in [0.25, 0.3) is 0 Å². The van der Waals surface area contributed by atoms with Gasteiger partial charge >= 0.3 is 0 Å². The molecule has 0 aliphatic carbocycles. The highest BCUT2D eigenvalue weighted by molar-refractivity contribution is 6.01. The van der Waals surface area contributed by atoms with Crippen LogP contribution in [-0.4, -0.2) is 16.1 Å². The summed E-state index contributed by atoms with van der Waals surface area (Å²) in [7, 11) is 0. The van der Waals surface area contributed by atoms with Crippen LogP contribution in [0.15, 0.2) is 24.3 Å². The number of rotatable bonds is 2. The van der Waals surface area contributed by atoms with Gasteiger partial charge in [-0.2, -0.15) is 5.10 Å². The van der Waals surface area contributed by atoms with Crippen LogP contribution in [0.4, 0.5) is 17.2 Å². The van der Waals surface area contributed by atoms with E-state index in [0.29, 0.717) is 24.5 Å². The second kappa shape index (κ2) is 3.76. The van der Waals surface area contributed by atoms with Gasteiger partial charge in [-0.05, 0) is 23.8 Å². The number of carbonyl (C=O) groups is 1. The Morgan fingerprint density at radius 2 is 2.17 bits per heavy atom. The molecule has 2 heterocycles. The Bertz CT molecular complexity index is 619. The molecule has 0 unspecified atom stereocenters. The normalized spacial score (nSPS) is 14.0. The van der Waals surface area contributed by atoms with Gasteiger partial charge < -0.3 is 16.4 Å². The SMILES string of the molecule is Nc1ccc2c(c1)CC(=O)N2Cc1cc(N)n[nH]1. The molecule has 1 aromatic heterocycles. The third kappa shape index (κ3) is 1.67. The maximum Gasteiger partial charge on any atom is 0.231 e. The van der Waals surface area contributed by atoms with Crippen molar-refractivity contribution in [2.45, 2.75) is 13.0 Å². The van der Waals surface area contributed by atoms with E-state index >= 15 is 0 Å². The monoisotopic (exact) mass is 243 g/mol. The molecule has 2 aromatic rings. The number of hydrogen-bond acceptors (Lipinski definition) is 4. The fourth-order valence-corrected chi connectivity index (χ4v) is 2.21. The molecule has 0 fully saturated rings. The molecule has 1 aliphatic rings. The van der Waals surface area contributed by atoms with Crippen molar-refractivity contribution in [2.24, 2.45) is 0 Å². The topological polar surface area (TPSA) is 101 Å². The van der Waals surface area contributed by atoms with Crippen LogP contribution in [0.5, 0.6) is 0 Å². The van der Waals surface area contributed by atoms with Gasteiger partial charge in [0.1, 0.15) is 5.82 Å². The van der Waals surface area contributed by atoms with Gasteiger partial charge in [-0.25, -0.2) is 0 Å². The minimum absolute atomic E-state index is 0.0590. The summed E-state index contributed by atoms with van der Waals surface area (Å²) in [5.41, 5.74) is 14.6. The third-order valence-electron chi connectivity index (χ3n) is 3.02. The Morgan fingerprint density at radius 1 is 1.33 bits per heavy atom. The average molecular weight is 243 g/mol. The highest BCUT2D eigenvalue weighted by Crippen LogP contribution is 2.31. The van der Waals surface area contributed by atoms with Crippen molar-refractivity contribution in [3.05, 3.63) is 35.5 Å². The zero-order chi connectivity index (χ0) is 12.7. The number of aromatic amines is 1. The first-order chi connectivity index (χ1) is 8.63. The number of nitrogens with one attached hydrogen (secondary N) is 1. The van der Waals surface area contributed by atoms with E-state index in [9.17, 15) is 4.79 Å². The number of anilines is 3. The van der Waals surface area contributed by atoms with E-state index in [1.54, 1.807) is 17.0 Å². The fraction of sp³-hybridized carbons (Fsp3) is 0.167. The summed E-state index contributed by atoms with van der Waals surface area (Å²) >= 11 is 0. The smallest absolute Gasteiger partial charge is 0.231 e. The number of carbonyl (C=O) groups excluding carboxylic acids is 1.